The first kappa shape index (κ1) is 18.9. The normalized spacial score (nSPS) is 10.4. The number of nitrogens with zero attached hydrogens (tertiary/aromatic N) is 1. The second kappa shape index (κ2) is 9.19. The maximum Gasteiger partial charge on any atom is 0.224 e. The molecular weight excluding hydrogens is 360 g/mol. The molecule has 0 atom stereocenters. The number of hydrogen-bond donors (Lipinski definition) is 1. The van der Waals surface area contributed by atoms with Crippen molar-refractivity contribution in [2.75, 3.05) is 11.9 Å². The highest BCUT2D eigenvalue weighted by Gasteiger charge is 2.08. The lowest BCUT2D eigenvalue weighted by Crippen LogP contribution is -2.13. The van der Waals surface area contributed by atoms with Crippen LogP contribution >= 0.6 is 11.6 Å². The van der Waals surface area contributed by atoms with Crippen molar-refractivity contribution in [3.05, 3.63) is 77.6 Å². The molecule has 0 saturated heterocycles. The Hall–Kier alpha value is -2.85. The third-order valence-electron chi connectivity index (χ3n) is 4.17. The van der Waals surface area contributed by atoms with Gasteiger partial charge in [-0.1, -0.05) is 35.9 Å². The summed E-state index contributed by atoms with van der Waals surface area (Å²) in [4.78, 5) is 16.3. The van der Waals surface area contributed by atoms with E-state index in [0.717, 1.165) is 22.4 Å². The van der Waals surface area contributed by atoms with E-state index in [-0.39, 0.29) is 5.91 Å². The number of hydrogen-bond acceptors (Lipinski definition) is 3. The quantitative estimate of drug-likeness (QED) is 0.550. The summed E-state index contributed by atoms with van der Waals surface area (Å²) in [6.45, 7) is 2.42. The van der Waals surface area contributed by atoms with Gasteiger partial charge < -0.3 is 10.1 Å². The number of ether oxygens (including phenoxy) is 1. The molecule has 2 aromatic carbocycles. The topological polar surface area (TPSA) is 51.2 Å². The Morgan fingerprint density at radius 2 is 1.85 bits per heavy atom. The summed E-state index contributed by atoms with van der Waals surface area (Å²) in [5.74, 6) is 0.605. The molecule has 1 N–H and O–H groups in total. The third kappa shape index (κ3) is 5.31. The molecule has 0 radical (unpaired) electrons. The molecule has 4 nitrogen and oxygen atoms in total. The molecule has 0 aliphatic rings. The van der Waals surface area contributed by atoms with E-state index in [1.54, 1.807) is 18.5 Å². The van der Waals surface area contributed by atoms with Gasteiger partial charge in [0.05, 0.1) is 11.6 Å². The number of amides is 1. The van der Waals surface area contributed by atoms with Gasteiger partial charge in [0.1, 0.15) is 5.75 Å². The van der Waals surface area contributed by atoms with E-state index in [2.05, 4.69) is 10.3 Å². The van der Waals surface area contributed by atoms with Gasteiger partial charge in [-0.3, -0.25) is 9.78 Å². The fourth-order valence-electron chi connectivity index (χ4n) is 2.67. The molecule has 1 amide bonds. The molecule has 0 fully saturated rings. The van der Waals surface area contributed by atoms with Crippen LogP contribution in [0.1, 0.15) is 18.4 Å². The summed E-state index contributed by atoms with van der Waals surface area (Å²) < 4.78 is 5.62. The second-order valence-corrected chi connectivity index (χ2v) is 6.60. The van der Waals surface area contributed by atoms with Crippen LogP contribution in [0, 0.1) is 6.92 Å². The first-order valence-electron chi connectivity index (χ1n) is 8.82. The minimum atomic E-state index is -0.0345. The van der Waals surface area contributed by atoms with Crippen LogP contribution in [0.3, 0.4) is 0 Å². The van der Waals surface area contributed by atoms with E-state index in [9.17, 15) is 4.79 Å². The maximum atomic E-state index is 12.3. The molecule has 0 unspecified atom stereocenters. The van der Waals surface area contributed by atoms with Gasteiger partial charge in [-0.15, -0.1) is 0 Å². The first-order valence-corrected chi connectivity index (χ1v) is 9.19. The molecule has 138 valence electrons. The lowest BCUT2D eigenvalue weighted by atomic mass is 10.0. The minimum absolute atomic E-state index is 0.0345. The zero-order valence-electron chi connectivity index (χ0n) is 15.1. The van der Waals surface area contributed by atoms with E-state index < -0.39 is 0 Å². The summed E-state index contributed by atoms with van der Waals surface area (Å²) in [7, 11) is 0. The van der Waals surface area contributed by atoms with Gasteiger partial charge in [-0.25, -0.2) is 0 Å². The van der Waals surface area contributed by atoms with Gasteiger partial charge in [0, 0.05) is 24.5 Å². The van der Waals surface area contributed by atoms with Crippen molar-refractivity contribution in [1.29, 1.82) is 0 Å². The summed E-state index contributed by atoms with van der Waals surface area (Å²) in [6.07, 6.45) is 4.50. The number of aromatic nitrogens is 1. The average molecular weight is 381 g/mol. The Kier molecular flexibility index (Phi) is 6.44. The number of anilines is 1. The van der Waals surface area contributed by atoms with Crippen LogP contribution in [-0.2, 0) is 4.79 Å². The number of rotatable bonds is 7. The number of carbonyl (C=O) groups excluding carboxylic acids is 1. The number of pyridine rings is 1. The van der Waals surface area contributed by atoms with Crippen molar-refractivity contribution < 1.29 is 9.53 Å². The molecule has 0 aliphatic heterocycles. The molecule has 0 spiro atoms. The standard InChI is InChI=1S/C22H21ClN2O2/c1-16-8-9-18(17-10-12-24-13-11-17)15-20(16)25-22(26)7-4-14-27-21-6-3-2-5-19(21)23/h2-3,5-6,8-13,15H,4,7,14H2,1H3,(H,25,26). The fourth-order valence-corrected chi connectivity index (χ4v) is 2.86. The highest BCUT2D eigenvalue weighted by atomic mass is 35.5. The number of para-hydroxylation sites is 1. The lowest BCUT2D eigenvalue weighted by Gasteiger charge is -2.11. The van der Waals surface area contributed by atoms with Crippen molar-refractivity contribution in [1.82, 2.24) is 4.98 Å². The minimum Gasteiger partial charge on any atom is -0.492 e. The monoisotopic (exact) mass is 380 g/mol. The Morgan fingerprint density at radius 3 is 2.63 bits per heavy atom. The number of halogens is 1. The number of benzene rings is 2. The Balaban J connectivity index is 1.54. The largest absolute Gasteiger partial charge is 0.492 e. The molecule has 0 saturated carbocycles. The zero-order valence-corrected chi connectivity index (χ0v) is 15.9. The first-order chi connectivity index (χ1) is 13.1. The fraction of sp³-hybridized carbons (Fsp3) is 0.182. The lowest BCUT2D eigenvalue weighted by molar-refractivity contribution is -0.116. The van der Waals surface area contributed by atoms with Crippen molar-refractivity contribution in [2.24, 2.45) is 0 Å². The van der Waals surface area contributed by atoms with E-state index in [0.29, 0.717) is 30.2 Å². The smallest absolute Gasteiger partial charge is 0.224 e. The van der Waals surface area contributed by atoms with Gasteiger partial charge in [-0.05, 0) is 60.4 Å². The van der Waals surface area contributed by atoms with Crippen LogP contribution in [-0.4, -0.2) is 17.5 Å². The molecule has 1 aromatic heterocycles. The van der Waals surface area contributed by atoms with Gasteiger partial charge in [0.2, 0.25) is 5.91 Å². The van der Waals surface area contributed by atoms with Gasteiger partial charge in [-0.2, -0.15) is 0 Å². The van der Waals surface area contributed by atoms with E-state index in [4.69, 9.17) is 16.3 Å². The number of aryl methyl sites for hydroxylation is 1. The molecule has 0 aliphatic carbocycles. The summed E-state index contributed by atoms with van der Waals surface area (Å²) >= 11 is 6.05. The molecule has 27 heavy (non-hydrogen) atoms. The average Bonchev–Trinajstić information content (AvgIpc) is 2.69. The van der Waals surface area contributed by atoms with Crippen molar-refractivity contribution in [2.45, 2.75) is 19.8 Å². The van der Waals surface area contributed by atoms with Crippen LogP contribution in [0.2, 0.25) is 5.02 Å². The predicted octanol–water partition coefficient (Wildman–Crippen LogP) is 5.51. The van der Waals surface area contributed by atoms with E-state index >= 15 is 0 Å². The van der Waals surface area contributed by atoms with Gasteiger partial charge >= 0.3 is 0 Å². The summed E-state index contributed by atoms with van der Waals surface area (Å²) in [6, 6.07) is 17.2. The second-order valence-electron chi connectivity index (χ2n) is 6.20. The maximum absolute atomic E-state index is 12.3. The van der Waals surface area contributed by atoms with Crippen molar-refractivity contribution in [3.63, 3.8) is 0 Å². The Labute approximate surface area is 164 Å². The number of carbonyl (C=O) groups is 1. The van der Waals surface area contributed by atoms with E-state index in [1.807, 2.05) is 55.5 Å². The summed E-state index contributed by atoms with van der Waals surface area (Å²) in [5.41, 5.74) is 3.95. The Morgan fingerprint density at radius 1 is 1.07 bits per heavy atom. The Bertz CT molecular complexity index is 913. The van der Waals surface area contributed by atoms with Crippen molar-refractivity contribution >= 4 is 23.2 Å². The molecular formula is C22H21ClN2O2. The molecule has 3 rings (SSSR count). The van der Waals surface area contributed by atoms with Crippen LogP contribution in [0.15, 0.2) is 67.0 Å². The number of nitrogens with one attached hydrogen (secondary N) is 1. The van der Waals surface area contributed by atoms with Crippen LogP contribution in [0.5, 0.6) is 5.75 Å². The highest BCUT2D eigenvalue weighted by Crippen LogP contribution is 2.25. The van der Waals surface area contributed by atoms with E-state index in [1.165, 1.54) is 0 Å². The third-order valence-corrected chi connectivity index (χ3v) is 4.48. The highest BCUT2D eigenvalue weighted by molar-refractivity contribution is 6.32. The predicted molar refractivity (Wildman–Crippen MR) is 109 cm³/mol. The SMILES string of the molecule is Cc1ccc(-c2ccncc2)cc1NC(=O)CCCOc1ccccc1Cl. The van der Waals surface area contributed by atoms with Crippen molar-refractivity contribution in [3.8, 4) is 16.9 Å². The molecule has 1 heterocycles. The zero-order chi connectivity index (χ0) is 19.1. The van der Waals surface area contributed by atoms with Gasteiger partial charge in [0.15, 0.2) is 0 Å². The molecule has 0 bridgehead atoms. The molecule has 5 heteroatoms. The van der Waals surface area contributed by atoms with Crippen LogP contribution < -0.4 is 10.1 Å². The summed E-state index contributed by atoms with van der Waals surface area (Å²) in [5, 5.41) is 3.57. The van der Waals surface area contributed by atoms with Crippen LogP contribution in [0.25, 0.3) is 11.1 Å². The van der Waals surface area contributed by atoms with Gasteiger partial charge in [0.25, 0.3) is 0 Å². The molecule has 3 aromatic rings. The van der Waals surface area contributed by atoms with Crippen LogP contribution in [0.4, 0.5) is 5.69 Å².